The van der Waals surface area contributed by atoms with Gasteiger partial charge < -0.3 is 11.1 Å². The van der Waals surface area contributed by atoms with E-state index in [1.54, 1.807) is 0 Å². The van der Waals surface area contributed by atoms with Crippen LogP contribution < -0.4 is 11.1 Å². The van der Waals surface area contributed by atoms with Crippen molar-refractivity contribution in [3.8, 4) is 0 Å². The number of carbonyl (C=O) groups is 1. The molecule has 1 rings (SSSR count). The smallest absolute Gasteiger partial charge is 0.220 e. The Morgan fingerprint density at radius 1 is 1.82 bits per heavy atom. The molecule has 0 aromatic carbocycles. The minimum Gasteiger partial charge on any atom is -0.356 e. The summed E-state index contributed by atoms with van der Waals surface area (Å²) in [5.41, 5.74) is 5.52. The van der Waals surface area contributed by atoms with Gasteiger partial charge in [-0.05, 0) is 24.8 Å². The molecule has 1 aliphatic rings. The summed E-state index contributed by atoms with van der Waals surface area (Å²) in [6.45, 7) is 3.68. The van der Waals surface area contributed by atoms with E-state index in [1.807, 2.05) is 0 Å². The van der Waals surface area contributed by atoms with E-state index < -0.39 is 0 Å². The van der Waals surface area contributed by atoms with E-state index in [4.69, 9.17) is 5.73 Å². The lowest BCUT2D eigenvalue weighted by Crippen LogP contribution is -2.39. The van der Waals surface area contributed by atoms with Gasteiger partial charge in [-0.2, -0.15) is 0 Å². The van der Waals surface area contributed by atoms with Gasteiger partial charge >= 0.3 is 0 Å². The summed E-state index contributed by atoms with van der Waals surface area (Å²) in [4.78, 5) is 10.8. The van der Waals surface area contributed by atoms with Gasteiger partial charge in [-0.1, -0.05) is 6.92 Å². The zero-order valence-electron chi connectivity index (χ0n) is 6.97. The van der Waals surface area contributed by atoms with Crippen molar-refractivity contribution < 1.29 is 4.79 Å². The van der Waals surface area contributed by atoms with Gasteiger partial charge in [0.05, 0.1) is 0 Å². The minimum absolute atomic E-state index is 0.186. The molecule has 1 aliphatic heterocycles. The highest BCUT2D eigenvalue weighted by Gasteiger charge is 2.21. The molecule has 11 heavy (non-hydrogen) atoms. The summed E-state index contributed by atoms with van der Waals surface area (Å²) >= 11 is 0. The van der Waals surface area contributed by atoms with Crippen LogP contribution in [0.15, 0.2) is 0 Å². The molecule has 3 N–H and O–H groups in total. The quantitative estimate of drug-likeness (QED) is 0.596. The molecule has 1 heterocycles. The van der Waals surface area contributed by atoms with Gasteiger partial charge in [0.2, 0.25) is 5.91 Å². The molecule has 2 atom stereocenters. The molecule has 2 unspecified atom stereocenters. The highest BCUT2D eigenvalue weighted by Crippen LogP contribution is 2.18. The number of hydrogen-bond acceptors (Lipinski definition) is 2. The lowest BCUT2D eigenvalue weighted by Gasteiger charge is -2.26. The van der Waals surface area contributed by atoms with Crippen LogP contribution in [-0.4, -0.2) is 19.0 Å². The van der Waals surface area contributed by atoms with Crippen LogP contribution in [0.1, 0.15) is 19.8 Å². The first-order valence-corrected chi connectivity index (χ1v) is 4.20. The van der Waals surface area contributed by atoms with Crippen LogP contribution in [0.2, 0.25) is 0 Å². The zero-order chi connectivity index (χ0) is 8.27. The lowest BCUT2D eigenvalue weighted by atomic mass is 9.87. The number of piperidine rings is 1. The minimum atomic E-state index is 0.186. The Morgan fingerprint density at radius 2 is 2.55 bits per heavy atom. The van der Waals surface area contributed by atoms with Gasteiger partial charge in [0.15, 0.2) is 0 Å². The first-order chi connectivity index (χ1) is 5.24. The maximum Gasteiger partial charge on any atom is 0.220 e. The molecule has 0 saturated carbocycles. The fourth-order valence-corrected chi connectivity index (χ4v) is 1.43. The van der Waals surface area contributed by atoms with E-state index in [1.165, 1.54) is 0 Å². The molecule has 3 nitrogen and oxygen atoms in total. The van der Waals surface area contributed by atoms with Crippen molar-refractivity contribution in [2.75, 3.05) is 13.1 Å². The summed E-state index contributed by atoms with van der Waals surface area (Å²) in [5.74, 6) is 1.32. The molecule has 0 radical (unpaired) electrons. The molecular formula is C8H16N2O. The molecule has 1 fully saturated rings. The third-order valence-electron chi connectivity index (χ3n) is 2.48. The molecule has 64 valence electrons. The van der Waals surface area contributed by atoms with Gasteiger partial charge in [0.1, 0.15) is 0 Å². The van der Waals surface area contributed by atoms with E-state index in [9.17, 15) is 4.79 Å². The third kappa shape index (κ3) is 2.19. The van der Waals surface area contributed by atoms with Crippen molar-refractivity contribution in [2.45, 2.75) is 19.8 Å². The summed E-state index contributed by atoms with van der Waals surface area (Å²) in [6, 6.07) is 0. The van der Waals surface area contributed by atoms with Crippen LogP contribution >= 0.6 is 0 Å². The van der Waals surface area contributed by atoms with Crippen molar-refractivity contribution in [3.05, 3.63) is 0 Å². The van der Waals surface area contributed by atoms with Crippen molar-refractivity contribution in [1.29, 1.82) is 0 Å². The summed E-state index contributed by atoms with van der Waals surface area (Å²) in [5, 5.41) is 2.85. The molecule has 0 bridgehead atoms. The van der Waals surface area contributed by atoms with E-state index >= 15 is 0 Å². The predicted molar refractivity (Wildman–Crippen MR) is 44.0 cm³/mol. The maximum atomic E-state index is 10.8. The Kier molecular flexibility index (Phi) is 2.88. The fraction of sp³-hybridized carbons (Fsp3) is 0.875. The number of hydrogen-bond donors (Lipinski definition) is 2. The van der Waals surface area contributed by atoms with Gasteiger partial charge in [-0.3, -0.25) is 4.79 Å². The summed E-state index contributed by atoms with van der Waals surface area (Å²) in [7, 11) is 0. The molecule has 3 heteroatoms. The Morgan fingerprint density at radius 3 is 3.00 bits per heavy atom. The van der Waals surface area contributed by atoms with Gasteiger partial charge in [-0.25, -0.2) is 0 Å². The largest absolute Gasteiger partial charge is 0.356 e. The van der Waals surface area contributed by atoms with Crippen LogP contribution in [0.25, 0.3) is 0 Å². The van der Waals surface area contributed by atoms with Crippen molar-refractivity contribution in [1.82, 2.24) is 5.32 Å². The Hall–Kier alpha value is -0.570. The molecule has 1 amide bonds. The number of nitrogens with one attached hydrogen (secondary N) is 1. The summed E-state index contributed by atoms with van der Waals surface area (Å²) < 4.78 is 0. The highest BCUT2D eigenvalue weighted by molar-refractivity contribution is 5.76. The normalized spacial score (nSPS) is 27.8. The second-order valence-electron chi connectivity index (χ2n) is 3.32. The molecule has 0 spiro atoms. The number of rotatable bonds is 2. The number of nitrogens with two attached hydrogens (primary N) is 1. The average Bonchev–Trinajstić information content (AvgIpc) is 2.05. The van der Waals surface area contributed by atoms with Gasteiger partial charge in [0, 0.05) is 13.0 Å². The molecule has 0 aromatic heterocycles. The number of carbonyl (C=O) groups excluding carboxylic acids is 1. The summed E-state index contributed by atoms with van der Waals surface area (Å²) in [6.07, 6.45) is 1.68. The highest BCUT2D eigenvalue weighted by atomic mass is 16.1. The van der Waals surface area contributed by atoms with Crippen LogP contribution in [0.4, 0.5) is 0 Å². The maximum absolute atomic E-state index is 10.8. The van der Waals surface area contributed by atoms with Crippen molar-refractivity contribution in [3.63, 3.8) is 0 Å². The van der Waals surface area contributed by atoms with E-state index in [-0.39, 0.29) is 5.91 Å². The second-order valence-corrected chi connectivity index (χ2v) is 3.32. The Balaban J connectivity index is 2.32. The fourth-order valence-electron chi connectivity index (χ4n) is 1.43. The Labute approximate surface area is 67.3 Å². The molecular weight excluding hydrogens is 140 g/mol. The van der Waals surface area contributed by atoms with Gasteiger partial charge in [0.25, 0.3) is 0 Å². The van der Waals surface area contributed by atoms with Crippen LogP contribution in [-0.2, 0) is 4.79 Å². The van der Waals surface area contributed by atoms with Gasteiger partial charge in [-0.15, -0.1) is 0 Å². The molecule has 0 aromatic rings. The standard InChI is InChI=1S/C8H16N2O/c1-6(4-9)7-2-3-8(11)10-5-7/h6-7H,2-5,9H2,1H3,(H,10,11). The SMILES string of the molecule is CC(CN)C1CCC(=O)NC1. The third-order valence-corrected chi connectivity index (χ3v) is 2.48. The first-order valence-electron chi connectivity index (χ1n) is 4.20. The van der Waals surface area contributed by atoms with Crippen molar-refractivity contribution >= 4 is 5.91 Å². The second kappa shape index (κ2) is 3.72. The Bertz CT molecular complexity index is 137. The van der Waals surface area contributed by atoms with E-state index in [0.717, 1.165) is 19.5 Å². The average molecular weight is 156 g/mol. The lowest BCUT2D eigenvalue weighted by molar-refractivity contribution is -0.123. The van der Waals surface area contributed by atoms with Crippen LogP contribution in [0, 0.1) is 11.8 Å². The van der Waals surface area contributed by atoms with Crippen LogP contribution in [0.5, 0.6) is 0 Å². The van der Waals surface area contributed by atoms with Crippen LogP contribution in [0.3, 0.4) is 0 Å². The number of amides is 1. The zero-order valence-corrected chi connectivity index (χ0v) is 6.97. The monoisotopic (exact) mass is 156 g/mol. The predicted octanol–water partition coefficient (Wildman–Crippen LogP) is 0.107. The van der Waals surface area contributed by atoms with E-state index in [0.29, 0.717) is 18.3 Å². The topological polar surface area (TPSA) is 55.1 Å². The molecule has 1 saturated heterocycles. The molecule has 0 aliphatic carbocycles. The van der Waals surface area contributed by atoms with Crippen molar-refractivity contribution in [2.24, 2.45) is 17.6 Å². The van der Waals surface area contributed by atoms with E-state index in [2.05, 4.69) is 12.2 Å². The first kappa shape index (κ1) is 8.53.